The molecule has 0 unspecified atom stereocenters. The van der Waals surface area contributed by atoms with E-state index in [1.807, 2.05) is 0 Å². The van der Waals surface area contributed by atoms with Crippen LogP contribution < -0.4 is 11.1 Å². The number of primary amides is 1. The lowest BCUT2D eigenvalue weighted by Crippen LogP contribution is -2.31. The van der Waals surface area contributed by atoms with Gasteiger partial charge >= 0.3 is 0 Å². The van der Waals surface area contributed by atoms with Crippen LogP contribution in [0.15, 0.2) is 36.5 Å². The number of anilines is 1. The van der Waals surface area contributed by atoms with Crippen LogP contribution in [-0.2, 0) is 11.2 Å². The molecule has 21 heavy (non-hydrogen) atoms. The Hall–Kier alpha value is -2.50. The first kappa shape index (κ1) is 14.9. The van der Waals surface area contributed by atoms with Gasteiger partial charge in [0.25, 0.3) is 0 Å². The van der Waals surface area contributed by atoms with Crippen molar-refractivity contribution in [1.29, 1.82) is 0 Å². The van der Waals surface area contributed by atoms with Crippen LogP contribution >= 0.6 is 0 Å². The predicted octanol–water partition coefficient (Wildman–Crippen LogP) is 1.68. The average Bonchev–Trinajstić information content (AvgIpc) is 2.45. The number of hydrogen-bond donors (Lipinski definition) is 2. The zero-order valence-corrected chi connectivity index (χ0v) is 11.7. The summed E-state index contributed by atoms with van der Waals surface area (Å²) < 4.78 is 12.9. The monoisotopic (exact) mass is 288 g/mol. The number of aryl methyl sites for hydroxylation is 1. The highest BCUT2D eigenvalue weighted by molar-refractivity contribution is 5.77. The summed E-state index contributed by atoms with van der Waals surface area (Å²) in [6.45, 7) is 2.15. The number of aromatic nitrogens is 2. The van der Waals surface area contributed by atoms with Crippen molar-refractivity contribution in [1.82, 2.24) is 9.97 Å². The Morgan fingerprint density at radius 2 is 2.05 bits per heavy atom. The number of nitrogens with zero attached hydrogens (tertiary/aromatic N) is 2. The maximum atomic E-state index is 12.9. The maximum absolute atomic E-state index is 12.9. The quantitative estimate of drug-likeness (QED) is 0.847. The largest absolute Gasteiger partial charge is 0.369 e. The van der Waals surface area contributed by atoms with Crippen LogP contribution in [0.5, 0.6) is 0 Å². The minimum absolute atomic E-state index is 0.302. The number of rotatable bonds is 6. The summed E-state index contributed by atoms with van der Waals surface area (Å²) in [5.74, 6) is 0.189. The summed E-state index contributed by atoms with van der Waals surface area (Å²) in [4.78, 5) is 19.7. The molecular formula is C15H17FN4O. The predicted molar refractivity (Wildman–Crippen MR) is 78.0 cm³/mol. The lowest BCUT2D eigenvalue weighted by Gasteiger charge is -2.15. The molecule has 0 aliphatic heterocycles. The molecule has 3 N–H and O–H groups in total. The Labute approximate surface area is 122 Å². The van der Waals surface area contributed by atoms with Crippen molar-refractivity contribution in [2.45, 2.75) is 13.3 Å². The number of halogens is 1. The fraction of sp³-hybridized carbons (Fsp3) is 0.267. The highest BCUT2D eigenvalue weighted by Gasteiger charge is 2.16. The van der Waals surface area contributed by atoms with Crippen LogP contribution in [0, 0.1) is 18.7 Å². The molecule has 0 fully saturated rings. The Bertz CT molecular complexity index is 615. The van der Waals surface area contributed by atoms with Gasteiger partial charge in [0.15, 0.2) is 0 Å². The number of carbonyl (C=O) groups excluding carboxylic acids is 1. The van der Waals surface area contributed by atoms with E-state index in [4.69, 9.17) is 5.73 Å². The van der Waals surface area contributed by atoms with Crippen molar-refractivity contribution in [2.24, 2.45) is 11.7 Å². The summed E-state index contributed by atoms with van der Waals surface area (Å²) in [7, 11) is 0. The van der Waals surface area contributed by atoms with Gasteiger partial charge in [0.05, 0.1) is 5.92 Å². The van der Waals surface area contributed by atoms with Crippen molar-refractivity contribution >= 4 is 11.7 Å². The number of nitrogens with two attached hydrogens (primary N) is 1. The van der Waals surface area contributed by atoms with Gasteiger partial charge in [0.1, 0.15) is 17.5 Å². The number of nitrogens with one attached hydrogen (secondary N) is 1. The van der Waals surface area contributed by atoms with Crippen molar-refractivity contribution in [3.8, 4) is 0 Å². The first-order valence-corrected chi connectivity index (χ1v) is 6.62. The number of amides is 1. The molecule has 5 nitrogen and oxygen atoms in total. The molecule has 1 aromatic carbocycles. The Kier molecular flexibility index (Phi) is 4.81. The third kappa shape index (κ3) is 4.52. The van der Waals surface area contributed by atoms with Gasteiger partial charge in [-0.2, -0.15) is 0 Å². The molecule has 0 spiro atoms. The highest BCUT2D eigenvalue weighted by atomic mass is 19.1. The van der Waals surface area contributed by atoms with Gasteiger partial charge in [-0.05, 0) is 37.1 Å². The molecule has 0 radical (unpaired) electrons. The number of hydrogen-bond acceptors (Lipinski definition) is 4. The van der Waals surface area contributed by atoms with Gasteiger partial charge in [-0.25, -0.2) is 14.4 Å². The van der Waals surface area contributed by atoms with E-state index < -0.39 is 11.8 Å². The normalized spacial score (nSPS) is 11.9. The van der Waals surface area contributed by atoms with Gasteiger partial charge in [-0.1, -0.05) is 12.1 Å². The van der Waals surface area contributed by atoms with E-state index in [1.165, 1.54) is 12.1 Å². The molecule has 1 aromatic heterocycles. The minimum Gasteiger partial charge on any atom is -0.369 e. The SMILES string of the molecule is Cc1nccc(NC[C@H](Cc2ccc(F)cc2)C(N)=O)n1. The van der Waals surface area contributed by atoms with E-state index in [9.17, 15) is 9.18 Å². The maximum Gasteiger partial charge on any atom is 0.222 e. The summed E-state index contributed by atoms with van der Waals surface area (Å²) in [6.07, 6.45) is 2.09. The van der Waals surface area contributed by atoms with E-state index >= 15 is 0 Å². The van der Waals surface area contributed by atoms with E-state index in [1.54, 1.807) is 31.3 Å². The second-order valence-corrected chi connectivity index (χ2v) is 4.80. The third-order valence-corrected chi connectivity index (χ3v) is 3.10. The van der Waals surface area contributed by atoms with Crippen molar-refractivity contribution in [3.05, 3.63) is 53.7 Å². The second kappa shape index (κ2) is 6.78. The topological polar surface area (TPSA) is 80.9 Å². The lowest BCUT2D eigenvalue weighted by atomic mass is 9.98. The molecule has 2 aromatic rings. The lowest BCUT2D eigenvalue weighted by molar-refractivity contribution is -0.121. The summed E-state index contributed by atoms with van der Waals surface area (Å²) in [6, 6.07) is 7.77. The zero-order chi connectivity index (χ0) is 15.2. The van der Waals surface area contributed by atoms with Crippen molar-refractivity contribution < 1.29 is 9.18 Å². The smallest absolute Gasteiger partial charge is 0.222 e. The minimum atomic E-state index is -0.405. The van der Waals surface area contributed by atoms with E-state index in [0.717, 1.165) is 5.56 Å². The van der Waals surface area contributed by atoms with Gasteiger partial charge in [0.2, 0.25) is 5.91 Å². The molecule has 0 aliphatic rings. The van der Waals surface area contributed by atoms with E-state index in [0.29, 0.717) is 24.6 Å². The third-order valence-electron chi connectivity index (χ3n) is 3.10. The van der Waals surface area contributed by atoms with Crippen LogP contribution in [0.25, 0.3) is 0 Å². The van der Waals surface area contributed by atoms with E-state index in [2.05, 4.69) is 15.3 Å². The molecule has 0 saturated heterocycles. The first-order chi connectivity index (χ1) is 10.0. The molecule has 1 heterocycles. The van der Waals surface area contributed by atoms with Crippen LogP contribution in [0.4, 0.5) is 10.2 Å². The fourth-order valence-corrected chi connectivity index (χ4v) is 1.96. The molecule has 6 heteroatoms. The van der Waals surface area contributed by atoms with Gasteiger partial charge in [-0.15, -0.1) is 0 Å². The van der Waals surface area contributed by atoms with Crippen LogP contribution in [0.3, 0.4) is 0 Å². The Morgan fingerprint density at radius 1 is 1.33 bits per heavy atom. The molecular weight excluding hydrogens is 271 g/mol. The first-order valence-electron chi connectivity index (χ1n) is 6.62. The molecule has 0 aliphatic carbocycles. The molecule has 110 valence electrons. The highest BCUT2D eigenvalue weighted by Crippen LogP contribution is 2.11. The van der Waals surface area contributed by atoms with Crippen LogP contribution in [0.2, 0.25) is 0 Å². The summed E-state index contributed by atoms with van der Waals surface area (Å²) in [5.41, 5.74) is 6.28. The molecule has 0 saturated carbocycles. The van der Waals surface area contributed by atoms with Gasteiger partial charge in [-0.3, -0.25) is 4.79 Å². The van der Waals surface area contributed by atoms with Crippen molar-refractivity contribution in [3.63, 3.8) is 0 Å². The van der Waals surface area contributed by atoms with Gasteiger partial charge < -0.3 is 11.1 Å². The zero-order valence-electron chi connectivity index (χ0n) is 11.7. The fourth-order valence-electron chi connectivity index (χ4n) is 1.96. The second-order valence-electron chi connectivity index (χ2n) is 4.80. The van der Waals surface area contributed by atoms with Crippen LogP contribution in [0.1, 0.15) is 11.4 Å². The summed E-state index contributed by atoms with van der Waals surface area (Å²) in [5, 5.41) is 3.07. The summed E-state index contributed by atoms with van der Waals surface area (Å²) >= 11 is 0. The molecule has 0 bridgehead atoms. The average molecular weight is 288 g/mol. The van der Waals surface area contributed by atoms with Crippen molar-refractivity contribution in [2.75, 3.05) is 11.9 Å². The van der Waals surface area contributed by atoms with E-state index in [-0.39, 0.29) is 5.82 Å². The molecule has 1 amide bonds. The number of carbonyl (C=O) groups is 1. The number of benzene rings is 1. The Morgan fingerprint density at radius 3 is 2.67 bits per heavy atom. The molecule has 2 rings (SSSR count). The Balaban J connectivity index is 1.99. The van der Waals surface area contributed by atoms with Crippen LogP contribution in [-0.4, -0.2) is 22.4 Å². The molecule has 1 atom stereocenters. The van der Waals surface area contributed by atoms with Gasteiger partial charge in [0, 0.05) is 12.7 Å². The standard InChI is InChI=1S/C15H17FN4O/c1-10-18-7-6-14(20-10)19-9-12(15(17)21)8-11-2-4-13(16)5-3-11/h2-7,12H,8-9H2,1H3,(H2,17,21)(H,18,19,20)/t12-/m0/s1.